The predicted octanol–water partition coefficient (Wildman–Crippen LogP) is 3.02. The summed E-state index contributed by atoms with van der Waals surface area (Å²) in [4.78, 5) is 4.18. The largest absolute Gasteiger partial charge is 0.316 e. The molecule has 2 nitrogen and oxygen atoms in total. The average molecular weight is 271 g/mol. The maximum absolute atomic E-state index is 4.18. The van der Waals surface area contributed by atoms with E-state index >= 15 is 0 Å². The van der Waals surface area contributed by atoms with Gasteiger partial charge >= 0.3 is 0 Å². The molecule has 0 aliphatic rings. The fourth-order valence-corrected chi connectivity index (χ4v) is 2.06. The van der Waals surface area contributed by atoms with Gasteiger partial charge in [0.2, 0.25) is 0 Å². The highest BCUT2D eigenvalue weighted by Gasteiger charge is 2.23. The van der Waals surface area contributed by atoms with Crippen LogP contribution < -0.4 is 5.32 Å². The Balaban J connectivity index is 2.76. The van der Waals surface area contributed by atoms with Crippen molar-refractivity contribution in [2.75, 3.05) is 7.05 Å². The van der Waals surface area contributed by atoms with E-state index < -0.39 is 0 Å². The Kier molecular flexibility index (Phi) is 4.29. The predicted molar refractivity (Wildman–Crippen MR) is 67.9 cm³/mol. The van der Waals surface area contributed by atoms with Gasteiger partial charge in [-0.3, -0.25) is 4.98 Å². The van der Waals surface area contributed by atoms with Crippen LogP contribution in [0.3, 0.4) is 0 Å². The highest BCUT2D eigenvalue weighted by Crippen LogP contribution is 2.22. The SMILES string of the molecule is CNC(Cc1cncc(Br)c1)C(C)(C)C. The van der Waals surface area contributed by atoms with Gasteiger partial charge in [-0.25, -0.2) is 0 Å². The van der Waals surface area contributed by atoms with Crippen LogP contribution in [0.25, 0.3) is 0 Å². The second-order valence-corrected chi connectivity index (χ2v) is 5.84. The molecule has 84 valence electrons. The molecular formula is C12H19BrN2. The highest BCUT2D eigenvalue weighted by molar-refractivity contribution is 9.10. The minimum atomic E-state index is 0.261. The molecule has 0 bridgehead atoms. The Morgan fingerprint density at radius 1 is 1.40 bits per heavy atom. The Labute approximate surface area is 101 Å². The van der Waals surface area contributed by atoms with Crippen molar-refractivity contribution in [1.29, 1.82) is 0 Å². The van der Waals surface area contributed by atoms with Crippen LogP contribution in [0.5, 0.6) is 0 Å². The number of halogens is 1. The number of rotatable bonds is 3. The van der Waals surface area contributed by atoms with Crippen molar-refractivity contribution in [3.8, 4) is 0 Å². The first-order valence-corrected chi connectivity index (χ1v) is 5.99. The molecule has 0 spiro atoms. The summed E-state index contributed by atoms with van der Waals surface area (Å²) in [6, 6.07) is 2.59. The number of hydrogen-bond donors (Lipinski definition) is 1. The van der Waals surface area contributed by atoms with Crippen molar-refractivity contribution in [3.63, 3.8) is 0 Å². The third-order valence-electron chi connectivity index (χ3n) is 2.60. The van der Waals surface area contributed by atoms with Crippen molar-refractivity contribution >= 4 is 15.9 Å². The van der Waals surface area contributed by atoms with Gasteiger partial charge in [0.05, 0.1) is 0 Å². The molecule has 3 heteroatoms. The molecule has 0 saturated heterocycles. The third kappa shape index (κ3) is 3.92. The zero-order chi connectivity index (χ0) is 11.5. The number of pyridine rings is 1. The molecule has 1 aromatic rings. The first-order valence-electron chi connectivity index (χ1n) is 5.20. The quantitative estimate of drug-likeness (QED) is 0.914. The average Bonchev–Trinajstić information content (AvgIpc) is 2.12. The zero-order valence-corrected chi connectivity index (χ0v) is 11.4. The Morgan fingerprint density at radius 2 is 2.07 bits per heavy atom. The molecule has 1 atom stereocenters. The van der Waals surface area contributed by atoms with Gasteiger partial charge < -0.3 is 5.32 Å². The van der Waals surface area contributed by atoms with Gasteiger partial charge in [0.25, 0.3) is 0 Å². The molecule has 0 amide bonds. The molecular weight excluding hydrogens is 252 g/mol. The normalized spacial score (nSPS) is 13.9. The van der Waals surface area contributed by atoms with E-state index in [0.29, 0.717) is 6.04 Å². The molecule has 1 N–H and O–H groups in total. The van der Waals surface area contributed by atoms with E-state index in [1.165, 1.54) is 5.56 Å². The summed E-state index contributed by atoms with van der Waals surface area (Å²) in [6.45, 7) is 6.75. The summed E-state index contributed by atoms with van der Waals surface area (Å²) in [7, 11) is 2.02. The van der Waals surface area contributed by atoms with E-state index in [0.717, 1.165) is 10.9 Å². The molecule has 1 aromatic heterocycles. The fourth-order valence-electron chi connectivity index (χ4n) is 1.64. The van der Waals surface area contributed by atoms with Crippen molar-refractivity contribution < 1.29 is 0 Å². The van der Waals surface area contributed by atoms with E-state index in [1.807, 2.05) is 19.4 Å². The standard InChI is InChI=1S/C12H19BrN2/c1-12(2,3)11(14-4)6-9-5-10(13)8-15-7-9/h5,7-8,11,14H,6H2,1-4H3. The van der Waals surface area contributed by atoms with Gasteiger partial charge in [0.15, 0.2) is 0 Å². The second kappa shape index (κ2) is 5.08. The second-order valence-electron chi connectivity index (χ2n) is 4.92. The summed E-state index contributed by atoms with van der Waals surface area (Å²) >= 11 is 3.44. The number of hydrogen-bond acceptors (Lipinski definition) is 2. The maximum Gasteiger partial charge on any atom is 0.0410 e. The van der Waals surface area contributed by atoms with Crippen LogP contribution in [-0.4, -0.2) is 18.1 Å². The first kappa shape index (κ1) is 12.7. The molecule has 1 heterocycles. The van der Waals surface area contributed by atoms with Crippen LogP contribution >= 0.6 is 15.9 Å². The minimum absolute atomic E-state index is 0.261. The third-order valence-corrected chi connectivity index (χ3v) is 3.03. The maximum atomic E-state index is 4.18. The van der Waals surface area contributed by atoms with Gasteiger partial charge in [-0.05, 0) is 46.4 Å². The van der Waals surface area contributed by atoms with E-state index in [4.69, 9.17) is 0 Å². The Bertz CT molecular complexity index is 318. The molecule has 0 aromatic carbocycles. The lowest BCUT2D eigenvalue weighted by molar-refractivity contribution is 0.279. The van der Waals surface area contributed by atoms with Crippen LogP contribution in [0.1, 0.15) is 26.3 Å². The van der Waals surface area contributed by atoms with Crippen molar-refractivity contribution in [3.05, 3.63) is 28.5 Å². The number of nitrogens with one attached hydrogen (secondary N) is 1. The van der Waals surface area contributed by atoms with E-state index in [1.54, 1.807) is 0 Å². The number of likely N-dealkylation sites (N-methyl/N-ethyl adjacent to an activating group) is 1. The van der Waals surface area contributed by atoms with Crippen LogP contribution in [-0.2, 0) is 6.42 Å². The molecule has 0 fully saturated rings. The summed E-state index contributed by atoms with van der Waals surface area (Å²) in [5.74, 6) is 0. The zero-order valence-electron chi connectivity index (χ0n) is 9.84. The van der Waals surface area contributed by atoms with Crippen LogP contribution in [0.15, 0.2) is 22.9 Å². The van der Waals surface area contributed by atoms with Crippen LogP contribution in [0, 0.1) is 5.41 Å². The summed E-state index contributed by atoms with van der Waals surface area (Å²) < 4.78 is 1.05. The van der Waals surface area contributed by atoms with E-state index in [-0.39, 0.29) is 5.41 Å². The van der Waals surface area contributed by atoms with Gasteiger partial charge in [-0.15, -0.1) is 0 Å². The number of aromatic nitrogens is 1. The molecule has 0 saturated carbocycles. The lowest BCUT2D eigenvalue weighted by Crippen LogP contribution is -2.39. The Morgan fingerprint density at radius 3 is 2.53 bits per heavy atom. The Hall–Kier alpha value is -0.410. The summed E-state index contributed by atoms with van der Waals surface area (Å²) in [6.07, 6.45) is 4.75. The molecule has 15 heavy (non-hydrogen) atoms. The molecule has 0 aliphatic heterocycles. The monoisotopic (exact) mass is 270 g/mol. The molecule has 0 aliphatic carbocycles. The van der Waals surface area contributed by atoms with E-state index in [2.05, 4.69) is 53.1 Å². The smallest absolute Gasteiger partial charge is 0.0410 e. The van der Waals surface area contributed by atoms with Crippen molar-refractivity contribution in [2.24, 2.45) is 5.41 Å². The number of nitrogens with zero attached hydrogens (tertiary/aromatic N) is 1. The summed E-state index contributed by atoms with van der Waals surface area (Å²) in [5.41, 5.74) is 1.52. The van der Waals surface area contributed by atoms with Crippen LogP contribution in [0.4, 0.5) is 0 Å². The molecule has 1 rings (SSSR count). The van der Waals surface area contributed by atoms with Crippen LogP contribution in [0.2, 0.25) is 0 Å². The van der Waals surface area contributed by atoms with Crippen molar-refractivity contribution in [2.45, 2.75) is 33.2 Å². The highest BCUT2D eigenvalue weighted by atomic mass is 79.9. The molecule has 1 unspecified atom stereocenters. The van der Waals surface area contributed by atoms with Gasteiger partial charge in [-0.2, -0.15) is 0 Å². The fraction of sp³-hybridized carbons (Fsp3) is 0.583. The van der Waals surface area contributed by atoms with Gasteiger partial charge in [0.1, 0.15) is 0 Å². The minimum Gasteiger partial charge on any atom is -0.316 e. The van der Waals surface area contributed by atoms with Gasteiger partial charge in [-0.1, -0.05) is 20.8 Å². The lowest BCUT2D eigenvalue weighted by Gasteiger charge is -2.30. The van der Waals surface area contributed by atoms with Gasteiger partial charge in [0, 0.05) is 22.9 Å². The summed E-state index contributed by atoms with van der Waals surface area (Å²) in [5, 5.41) is 3.37. The topological polar surface area (TPSA) is 24.9 Å². The van der Waals surface area contributed by atoms with Crippen molar-refractivity contribution in [1.82, 2.24) is 10.3 Å². The first-order chi connectivity index (χ1) is 6.93. The lowest BCUT2D eigenvalue weighted by atomic mass is 9.83. The van der Waals surface area contributed by atoms with E-state index in [9.17, 15) is 0 Å². The molecule has 0 radical (unpaired) electrons.